The van der Waals surface area contributed by atoms with E-state index in [0.29, 0.717) is 12.5 Å². The minimum absolute atomic E-state index is 0.478. The van der Waals surface area contributed by atoms with Gasteiger partial charge in [-0.15, -0.1) is 0 Å². The number of imidazole rings is 1. The second-order valence-corrected chi connectivity index (χ2v) is 6.06. The summed E-state index contributed by atoms with van der Waals surface area (Å²) in [5, 5.41) is 3.17. The lowest BCUT2D eigenvalue weighted by molar-refractivity contribution is 0.0376. The van der Waals surface area contributed by atoms with Crippen LogP contribution in [0.15, 0.2) is 29.4 Å². The molecule has 7 heteroatoms. The predicted octanol–water partition coefficient (Wildman–Crippen LogP) is 0.769. The number of fused-ring (bicyclic) bond motifs is 1. The minimum atomic E-state index is 0.478. The van der Waals surface area contributed by atoms with Crippen LogP contribution < -0.4 is 11.1 Å². The van der Waals surface area contributed by atoms with Crippen LogP contribution in [0.3, 0.4) is 0 Å². The maximum Gasteiger partial charge on any atom is 0.188 e. The molecule has 2 aromatic heterocycles. The van der Waals surface area contributed by atoms with Crippen molar-refractivity contribution in [2.45, 2.75) is 19.9 Å². The number of guanidine groups is 1. The van der Waals surface area contributed by atoms with Crippen molar-refractivity contribution in [3.8, 4) is 0 Å². The van der Waals surface area contributed by atoms with Gasteiger partial charge in [0.05, 0.1) is 25.5 Å². The van der Waals surface area contributed by atoms with Crippen molar-refractivity contribution < 1.29 is 4.74 Å². The lowest BCUT2D eigenvalue weighted by Crippen LogP contribution is -2.39. The summed E-state index contributed by atoms with van der Waals surface area (Å²) in [5.74, 6) is 0.478. The van der Waals surface area contributed by atoms with Gasteiger partial charge in [0.25, 0.3) is 0 Å². The van der Waals surface area contributed by atoms with Crippen LogP contribution in [-0.2, 0) is 11.3 Å². The molecule has 7 nitrogen and oxygen atoms in total. The van der Waals surface area contributed by atoms with Gasteiger partial charge in [-0.25, -0.2) is 9.98 Å². The van der Waals surface area contributed by atoms with Crippen LogP contribution >= 0.6 is 0 Å². The van der Waals surface area contributed by atoms with E-state index in [-0.39, 0.29) is 0 Å². The zero-order valence-corrected chi connectivity index (χ0v) is 14.2. The van der Waals surface area contributed by atoms with Crippen LogP contribution in [0.5, 0.6) is 0 Å². The van der Waals surface area contributed by atoms with Crippen LogP contribution in [0.1, 0.15) is 17.8 Å². The number of nitrogens with zero attached hydrogens (tertiary/aromatic N) is 4. The summed E-state index contributed by atoms with van der Waals surface area (Å²) < 4.78 is 7.41. The first-order chi connectivity index (χ1) is 11.7. The molecule has 0 aliphatic carbocycles. The molecule has 24 heavy (non-hydrogen) atoms. The molecule has 0 unspecified atom stereocenters. The Morgan fingerprint density at radius 3 is 3.00 bits per heavy atom. The van der Waals surface area contributed by atoms with Crippen LogP contribution in [0.2, 0.25) is 0 Å². The number of aryl methyl sites for hydroxylation is 1. The fraction of sp³-hybridized carbons (Fsp3) is 0.529. The van der Waals surface area contributed by atoms with Gasteiger partial charge in [-0.3, -0.25) is 4.90 Å². The van der Waals surface area contributed by atoms with Crippen LogP contribution in [-0.4, -0.2) is 59.6 Å². The summed E-state index contributed by atoms with van der Waals surface area (Å²) in [5.41, 5.74) is 8.95. The number of hydrogen-bond donors (Lipinski definition) is 2. The van der Waals surface area contributed by atoms with E-state index in [4.69, 9.17) is 10.5 Å². The lowest BCUT2D eigenvalue weighted by Gasteiger charge is -2.26. The lowest BCUT2D eigenvalue weighted by atomic mass is 10.3. The SMILES string of the molecule is Cc1cccc2nc(CN=C(N)NCCCN3CCOCC3)cn12. The Kier molecular flexibility index (Phi) is 5.66. The molecular formula is C17H26N6O. The van der Waals surface area contributed by atoms with E-state index >= 15 is 0 Å². The second kappa shape index (κ2) is 8.12. The van der Waals surface area contributed by atoms with Gasteiger partial charge in [0.1, 0.15) is 5.65 Å². The molecule has 0 saturated carbocycles. The predicted molar refractivity (Wildman–Crippen MR) is 95.1 cm³/mol. The Labute approximate surface area is 142 Å². The normalized spacial score (nSPS) is 16.6. The average molecular weight is 330 g/mol. The van der Waals surface area contributed by atoms with Gasteiger partial charge < -0.3 is 20.2 Å². The van der Waals surface area contributed by atoms with Gasteiger partial charge in [0, 0.05) is 31.5 Å². The highest BCUT2D eigenvalue weighted by Crippen LogP contribution is 2.09. The highest BCUT2D eigenvalue weighted by Gasteiger charge is 2.09. The van der Waals surface area contributed by atoms with E-state index in [1.807, 2.05) is 18.3 Å². The number of ether oxygens (including phenoxy) is 1. The van der Waals surface area contributed by atoms with Crippen molar-refractivity contribution in [2.24, 2.45) is 10.7 Å². The quantitative estimate of drug-likeness (QED) is 0.465. The molecule has 0 atom stereocenters. The molecule has 0 spiro atoms. The second-order valence-electron chi connectivity index (χ2n) is 6.06. The Balaban J connectivity index is 1.42. The van der Waals surface area contributed by atoms with Gasteiger partial charge in [0.15, 0.2) is 5.96 Å². The number of rotatable bonds is 6. The zero-order valence-electron chi connectivity index (χ0n) is 14.2. The highest BCUT2D eigenvalue weighted by atomic mass is 16.5. The van der Waals surface area contributed by atoms with Crippen LogP contribution in [0, 0.1) is 6.92 Å². The number of pyridine rings is 1. The molecule has 1 aliphatic rings. The standard InChI is InChI=1S/C17H26N6O/c1-14-4-2-5-16-21-15(13-23(14)16)12-20-17(18)19-6-3-7-22-8-10-24-11-9-22/h2,4-5,13H,3,6-12H2,1H3,(H3,18,19,20). The van der Waals surface area contributed by atoms with Crippen LogP contribution in [0.4, 0.5) is 0 Å². The summed E-state index contributed by atoms with van der Waals surface area (Å²) in [6.07, 6.45) is 3.06. The molecule has 3 heterocycles. The third kappa shape index (κ3) is 4.46. The molecule has 1 saturated heterocycles. The number of hydrogen-bond acceptors (Lipinski definition) is 4. The van der Waals surface area contributed by atoms with E-state index in [1.165, 1.54) is 0 Å². The Bertz CT molecular complexity index is 689. The highest BCUT2D eigenvalue weighted by molar-refractivity contribution is 5.77. The number of aliphatic imine (C=N–C) groups is 1. The van der Waals surface area contributed by atoms with Crippen LogP contribution in [0.25, 0.3) is 5.65 Å². The first kappa shape index (κ1) is 16.7. The smallest absolute Gasteiger partial charge is 0.188 e. The molecule has 3 rings (SSSR count). The molecule has 1 aliphatic heterocycles. The number of nitrogens with two attached hydrogens (primary N) is 1. The number of morpholine rings is 1. The monoisotopic (exact) mass is 330 g/mol. The van der Waals surface area contributed by atoms with E-state index in [2.05, 4.69) is 37.6 Å². The fourth-order valence-electron chi connectivity index (χ4n) is 2.84. The zero-order chi connectivity index (χ0) is 16.8. The Morgan fingerprint density at radius 2 is 2.21 bits per heavy atom. The van der Waals surface area contributed by atoms with E-state index < -0.39 is 0 Å². The fourth-order valence-corrected chi connectivity index (χ4v) is 2.84. The topological polar surface area (TPSA) is 80.2 Å². The van der Waals surface area contributed by atoms with Crippen molar-refractivity contribution in [1.82, 2.24) is 19.6 Å². The summed E-state index contributed by atoms with van der Waals surface area (Å²) in [6, 6.07) is 6.06. The van der Waals surface area contributed by atoms with Gasteiger partial charge in [-0.05, 0) is 32.0 Å². The third-order valence-electron chi connectivity index (χ3n) is 4.22. The minimum Gasteiger partial charge on any atom is -0.379 e. The number of nitrogens with one attached hydrogen (secondary N) is 1. The summed E-state index contributed by atoms with van der Waals surface area (Å²) in [7, 11) is 0. The Hall–Kier alpha value is -2.12. The molecule has 0 bridgehead atoms. The average Bonchev–Trinajstić information content (AvgIpc) is 3.02. The van der Waals surface area contributed by atoms with Crippen molar-refractivity contribution in [1.29, 1.82) is 0 Å². The molecule has 3 N–H and O–H groups in total. The van der Waals surface area contributed by atoms with Gasteiger partial charge in [-0.1, -0.05) is 6.07 Å². The van der Waals surface area contributed by atoms with Crippen molar-refractivity contribution in [3.05, 3.63) is 35.8 Å². The van der Waals surface area contributed by atoms with Crippen molar-refractivity contribution >= 4 is 11.6 Å². The summed E-state index contributed by atoms with van der Waals surface area (Å²) in [4.78, 5) is 11.3. The maximum atomic E-state index is 5.94. The molecule has 2 aromatic rings. The van der Waals surface area contributed by atoms with Crippen molar-refractivity contribution in [3.63, 3.8) is 0 Å². The Morgan fingerprint density at radius 1 is 1.38 bits per heavy atom. The first-order valence-electron chi connectivity index (χ1n) is 8.50. The number of aromatic nitrogens is 2. The van der Waals surface area contributed by atoms with Crippen molar-refractivity contribution in [2.75, 3.05) is 39.4 Å². The van der Waals surface area contributed by atoms with Gasteiger partial charge in [0.2, 0.25) is 0 Å². The van der Waals surface area contributed by atoms with Gasteiger partial charge in [-0.2, -0.15) is 0 Å². The van der Waals surface area contributed by atoms with E-state index in [1.54, 1.807) is 0 Å². The molecule has 0 aromatic carbocycles. The first-order valence-corrected chi connectivity index (χ1v) is 8.50. The summed E-state index contributed by atoms with van der Waals surface area (Å²) in [6.45, 7) is 8.18. The van der Waals surface area contributed by atoms with Gasteiger partial charge >= 0.3 is 0 Å². The summed E-state index contributed by atoms with van der Waals surface area (Å²) >= 11 is 0. The maximum absolute atomic E-state index is 5.94. The van der Waals surface area contributed by atoms with E-state index in [0.717, 1.165) is 62.8 Å². The molecule has 130 valence electrons. The molecule has 0 amide bonds. The molecular weight excluding hydrogens is 304 g/mol. The molecule has 1 fully saturated rings. The third-order valence-corrected chi connectivity index (χ3v) is 4.22. The molecule has 0 radical (unpaired) electrons. The van der Waals surface area contributed by atoms with E-state index in [9.17, 15) is 0 Å². The largest absolute Gasteiger partial charge is 0.379 e.